The quantitative estimate of drug-likeness (QED) is 0.521. The summed E-state index contributed by atoms with van der Waals surface area (Å²) in [5.74, 6) is 3.38. The van der Waals surface area contributed by atoms with Crippen molar-refractivity contribution in [2.75, 3.05) is 13.3 Å². The zero-order valence-corrected chi connectivity index (χ0v) is 16.6. The van der Waals surface area contributed by atoms with E-state index in [0.717, 1.165) is 36.3 Å². The second-order valence-electron chi connectivity index (χ2n) is 7.53. The van der Waals surface area contributed by atoms with Crippen molar-refractivity contribution in [2.45, 2.75) is 45.1 Å². The average Bonchev–Trinajstić information content (AvgIpc) is 3.34. The fourth-order valence-corrected chi connectivity index (χ4v) is 4.24. The van der Waals surface area contributed by atoms with E-state index in [-0.39, 0.29) is 0 Å². The molecule has 3 atom stereocenters. The number of hydrogen-bond donors (Lipinski definition) is 1. The van der Waals surface area contributed by atoms with Crippen LogP contribution in [0.3, 0.4) is 0 Å². The van der Waals surface area contributed by atoms with Gasteiger partial charge in [-0.25, -0.2) is 0 Å². The number of para-hydroxylation sites is 2. The van der Waals surface area contributed by atoms with E-state index in [1.807, 2.05) is 30.3 Å². The molecular weight excluding hydrogens is 348 g/mol. The van der Waals surface area contributed by atoms with Gasteiger partial charge in [0.1, 0.15) is 12.8 Å². The molecule has 28 heavy (non-hydrogen) atoms. The van der Waals surface area contributed by atoms with E-state index in [1.54, 1.807) is 6.07 Å². The van der Waals surface area contributed by atoms with Crippen molar-refractivity contribution < 1.29 is 9.47 Å². The van der Waals surface area contributed by atoms with Crippen molar-refractivity contribution in [3.63, 3.8) is 0 Å². The summed E-state index contributed by atoms with van der Waals surface area (Å²) in [6.07, 6.45) is 6.69. The lowest BCUT2D eigenvalue weighted by atomic mass is 9.98. The predicted molar refractivity (Wildman–Crippen MR) is 111 cm³/mol. The van der Waals surface area contributed by atoms with Gasteiger partial charge in [-0.2, -0.15) is 5.26 Å². The van der Waals surface area contributed by atoms with Crippen LogP contribution in [0.1, 0.15) is 38.2 Å². The Morgan fingerprint density at radius 3 is 2.39 bits per heavy atom. The highest BCUT2D eigenvalue weighted by molar-refractivity contribution is 5.39. The van der Waals surface area contributed by atoms with Crippen molar-refractivity contribution in [1.82, 2.24) is 5.32 Å². The standard InChI is InChI=1S/C22H27NO2.C2H3N/c1-2-6-17(7-3-1)12-13-23-16-24-20-8-4-5-9-21(20)25-22-15-18-10-11-19(22)14-18;1-2-3/h1-9,18-19,22-23H,10-16H2;1H3. The van der Waals surface area contributed by atoms with Crippen LogP contribution in [0, 0.1) is 23.2 Å². The summed E-state index contributed by atoms with van der Waals surface area (Å²) in [5.41, 5.74) is 1.34. The van der Waals surface area contributed by atoms with E-state index in [4.69, 9.17) is 14.7 Å². The maximum atomic E-state index is 7.32. The van der Waals surface area contributed by atoms with E-state index >= 15 is 0 Å². The molecule has 3 unspecified atom stereocenters. The molecule has 0 spiro atoms. The van der Waals surface area contributed by atoms with Gasteiger partial charge in [0.2, 0.25) is 0 Å². The van der Waals surface area contributed by atoms with Crippen LogP contribution >= 0.6 is 0 Å². The van der Waals surface area contributed by atoms with Gasteiger partial charge in [0, 0.05) is 13.5 Å². The van der Waals surface area contributed by atoms with E-state index in [2.05, 4.69) is 29.6 Å². The van der Waals surface area contributed by atoms with Gasteiger partial charge < -0.3 is 9.47 Å². The molecule has 2 aromatic carbocycles. The number of rotatable bonds is 8. The Labute approximate surface area is 168 Å². The highest BCUT2D eigenvalue weighted by Gasteiger charge is 2.41. The lowest BCUT2D eigenvalue weighted by Gasteiger charge is -2.24. The molecule has 2 saturated carbocycles. The fraction of sp³-hybridized carbons (Fsp3) is 0.458. The second kappa shape index (κ2) is 10.7. The van der Waals surface area contributed by atoms with Gasteiger partial charge in [-0.15, -0.1) is 0 Å². The Morgan fingerprint density at radius 2 is 1.71 bits per heavy atom. The number of benzene rings is 2. The lowest BCUT2D eigenvalue weighted by Crippen LogP contribution is -2.25. The Hall–Kier alpha value is -2.51. The minimum Gasteiger partial charge on any atom is -0.486 e. The third-order valence-corrected chi connectivity index (χ3v) is 5.56. The number of fused-ring (bicyclic) bond motifs is 2. The lowest BCUT2D eigenvalue weighted by molar-refractivity contribution is 0.131. The maximum absolute atomic E-state index is 7.32. The van der Waals surface area contributed by atoms with Crippen LogP contribution in [0.15, 0.2) is 54.6 Å². The molecule has 2 bridgehead atoms. The first-order valence-electron chi connectivity index (χ1n) is 10.2. The smallest absolute Gasteiger partial charge is 0.163 e. The Balaban J connectivity index is 0.000000706. The summed E-state index contributed by atoms with van der Waals surface area (Å²) in [7, 11) is 0. The molecule has 0 heterocycles. The topological polar surface area (TPSA) is 54.3 Å². The first kappa shape index (κ1) is 20.2. The molecule has 4 rings (SSSR count). The molecule has 0 amide bonds. The first-order chi connectivity index (χ1) is 13.8. The third-order valence-electron chi connectivity index (χ3n) is 5.56. The van der Waals surface area contributed by atoms with Crippen molar-refractivity contribution in [1.29, 1.82) is 5.26 Å². The molecule has 0 radical (unpaired) electrons. The maximum Gasteiger partial charge on any atom is 0.163 e. The molecule has 2 aliphatic carbocycles. The van der Waals surface area contributed by atoms with Gasteiger partial charge in [-0.3, -0.25) is 5.32 Å². The molecule has 2 aliphatic rings. The van der Waals surface area contributed by atoms with Crippen LogP contribution in [0.5, 0.6) is 11.5 Å². The molecule has 2 fully saturated rings. The molecule has 4 nitrogen and oxygen atoms in total. The predicted octanol–water partition coefficient (Wildman–Crippen LogP) is 4.95. The summed E-state index contributed by atoms with van der Waals surface area (Å²) in [5, 5.41) is 10.7. The van der Waals surface area contributed by atoms with E-state index in [1.165, 1.54) is 38.2 Å². The fourth-order valence-electron chi connectivity index (χ4n) is 4.24. The van der Waals surface area contributed by atoms with Gasteiger partial charge in [0.15, 0.2) is 11.5 Å². The van der Waals surface area contributed by atoms with Crippen LogP contribution in [-0.4, -0.2) is 19.4 Å². The Morgan fingerprint density at radius 1 is 1.00 bits per heavy atom. The van der Waals surface area contributed by atoms with Crippen LogP contribution in [0.4, 0.5) is 0 Å². The van der Waals surface area contributed by atoms with Gasteiger partial charge in [-0.1, -0.05) is 42.5 Å². The van der Waals surface area contributed by atoms with E-state index < -0.39 is 0 Å². The molecule has 0 aliphatic heterocycles. The minimum absolute atomic E-state index is 0.384. The molecule has 0 aromatic heterocycles. The Kier molecular flexibility index (Phi) is 7.75. The average molecular weight is 379 g/mol. The SMILES string of the molecule is CC#N.c1ccc(CCNCOc2ccccc2OC2CC3CCC2C3)cc1. The molecule has 1 N–H and O–H groups in total. The van der Waals surface area contributed by atoms with Gasteiger partial charge in [0.05, 0.1) is 6.07 Å². The van der Waals surface area contributed by atoms with Crippen molar-refractivity contribution in [2.24, 2.45) is 11.8 Å². The minimum atomic E-state index is 0.384. The van der Waals surface area contributed by atoms with E-state index in [9.17, 15) is 0 Å². The number of ether oxygens (including phenoxy) is 2. The molecular formula is C24H30N2O2. The Bertz CT molecular complexity index is 757. The number of nitriles is 1. The summed E-state index contributed by atoms with van der Waals surface area (Å²) in [6.45, 7) is 2.84. The van der Waals surface area contributed by atoms with Gasteiger partial charge >= 0.3 is 0 Å². The summed E-state index contributed by atoms with van der Waals surface area (Å²) >= 11 is 0. The van der Waals surface area contributed by atoms with Crippen molar-refractivity contribution in [3.8, 4) is 17.6 Å². The first-order valence-corrected chi connectivity index (χ1v) is 10.2. The van der Waals surface area contributed by atoms with Crippen molar-refractivity contribution in [3.05, 3.63) is 60.2 Å². The van der Waals surface area contributed by atoms with Gasteiger partial charge in [-0.05, 0) is 61.6 Å². The van der Waals surface area contributed by atoms with Crippen LogP contribution in [-0.2, 0) is 6.42 Å². The monoisotopic (exact) mass is 378 g/mol. The zero-order chi connectivity index (χ0) is 19.6. The van der Waals surface area contributed by atoms with E-state index in [0.29, 0.717) is 12.8 Å². The largest absolute Gasteiger partial charge is 0.486 e. The molecule has 0 saturated heterocycles. The normalized spacial score (nSPS) is 22.1. The third kappa shape index (κ3) is 5.74. The molecule has 2 aromatic rings. The molecule has 4 heteroatoms. The van der Waals surface area contributed by atoms with Crippen molar-refractivity contribution >= 4 is 0 Å². The van der Waals surface area contributed by atoms with Crippen LogP contribution in [0.25, 0.3) is 0 Å². The highest BCUT2D eigenvalue weighted by atomic mass is 16.5. The molecule has 148 valence electrons. The zero-order valence-electron chi connectivity index (χ0n) is 16.6. The summed E-state index contributed by atoms with van der Waals surface area (Å²) < 4.78 is 12.2. The van der Waals surface area contributed by atoms with Crippen LogP contribution < -0.4 is 14.8 Å². The number of nitrogens with one attached hydrogen (secondary N) is 1. The summed E-state index contributed by atoms with van der Waals surface area (Å²) in [6, 6.07) is 20.3. The van der Waals surface area contributed by atoms with Crippen LogP contribution in [0.2, 0.25) is 0 Å². The number of nitrogens with zero attached hydrogens (tertiary/aromatic N) is 1. The number of hydrogen-bond acceptors (Lipinski definition) is 4. The summed E-state index contributed by atoms with van der Waals surface area (Å²) in [4.78, 5) is 0. The van der Waals surface area contributed by atoms with Gasteiger partial charge in [0.25, 0.3) is 0 Å². The second-order valence-corrected chi connectivity index (χ2v) is 7.53. The highest BCUT2D eigenvalue weighted by Crippen LogP contribution is 2.46.